The van der Waals surface area contributed by atoms with Crippen LogP contribution in [0.15, 0.2) is 36.4 Å². The number of aryl methyl sites for hydroxylation is 2. The lowest BCUT2D eigenvalue weighted by molar-refractivity contribution is 0.552. The Morgan fingerprint density at radius 2 is 1.81 bits per heavy atom. The van der Waals surface area contributed by atoms with Crippen LogP contribution in [0.2, 0.25) is 10.0 Å². The number of hydrazine groups is 1. The van der Waals surface area contributed by atoms with Gasteiger partial charge in [-0.05, 0) is 60.1 Å². The summed E-state index contributed by atoms with van der Waals surface area (Å²) < 4.78 is 0. The molecule has 0 saturated carbocycles. The summed E-state index contributed by atoms with van der Waals surface area (Å²) >= 11 is 12.1. The molecule has 0 amide bonds. The molecule has 1 aliphatic rings. The molecule has 2 nitrogen and oxygen atoms in total. The summed E-state index contributed by atoms with van der Waals surface area (Å²) in [6, 6.07) is 12.4. The maximum atomic E-state index is 6.09. The Labute approximate surface area is 135 Å². The number of hydrogen-bond acceptors (Lipinski definition) is 2. The third kappa shape index (κ3) is 3.24. The van der Waals surface area contributed by atoms with Gasteiger partial charge in [0, 0.05) is 0 Å². The van der Waals surface area contributed by atoms with Crippen LogP contribution in [0.5, 0.6) is 0 Å². The first kappa shape index (κ1) is 14.9. The van der Waals surface area contributed by atoms with Gasteiger partial charge < -0.3 is 0 Å². The Balaban J connectivity index is 1.82. The van der Waals surface area contributed by atoms with Crippen molar-refractivity contribution in [3.8, 4) is 0 Å². The number of hydrogen-bond donors (Lipinski definition) is 2. The smallest absolute Gasteiger partial charge is 0.0595 e. The summed E-state index contributed by atoms with van der Waals surface area (Å²) in [6.07, 6.45) is 4.50. The summed E-state index contributed by atoms with van der Waals surface area (Å²) in [4.78, 5) is 0. The summed E-state index contributed by atoms with van der Waals surface area (Å²) in [5, 5.41) is 1.12. The second-order valence-electron chi connectivity index (χ2n) is 5.55. The van der Waals surface area contributed by atoms with Gasteiger partial charge in [-0.2, -0.15) is 0 Å². The molecule has 0 heterocycles. The summed E-state index contributed by atoms with van der Waals surface area (Å²) in [5.74, 6) is 5.73. The molecule has 2 aromatic rings. The molecule has 21 heavy (non-hydrogen) atoms. The summed E-state index contributed by atoms with van der Waals surface area (Å²) in [6.45, 7) is 0. The molecular weight excluding hydrogens is 303 g/mol. The van der Waals surface area contributed by atoms with Crippen molar-refractivity contribution >= 4 is 23.2 Å². The van der Waals surface area contributed by atoms with Crippen LogP contribution in [0.25, 0.3) is 0 Å². The quantitative estimate of drug-likeness (QED) is 0.653. The molecule has 0 bridgehead atoms. The lowest BCUT2D eigenvalue weighted by Gasteiger charge is -2.17. The zero-order valence-corrected chi connectivity index (χ0v) is 13.2. The fourth-order valence-electron chi connectivity index (χ4n) is 2.99. The fraction of sp³-hybridized carbons (Fsp3) is 0.294. The van der Waals surface area contributed by atoms with Gasteiger partial charge in [0.15, 0.2) is 0 Å². The second kappa shape index (κ2) is 6.37. The van der Waals surface area contributed by atoms with Gasteiger partial charge in [-0.15, -0.1) is 0 Å². The van der Waals surface area contributed by atoms with Crippen molar-refractivity contribution in [2.24, 2.45) is 5.84 Å². The number of benzene rings is 2. The molecule has 0 fully saturated rings. The highest BCUT2D eigenvalue weighted by Gasteiger charge is 2.15. The van der Waals surface area contributed by atoms with Crippen LogP contribution >= 0.6 is 23.2 Å². The van der Waals surface area contributed by atoms with Gasteiger partial charge in [-0.3, -0.25) is 11.3 Å². The highest BCUT2D eigenvalue weighted by Crippen LogP contribution is 2.28. The Morgan fingerprint density at radius 3 is 2.57 bits per heavy atom. The van der Waals surface area contributed by atoms with E-state index in [0.717, 1.165) is 12.0 Å². The number of rotatable bonds is 4. The average molecular weight is 321 g/mol. The molecule has 1 atom stereocenters. The Kier molecular flexibility index (Phi) is 4.51. The van der Waals surface area contributed by atoms with Crippen LogP contribution in [0.1, 0.15) is 34.7 Å². The van der Waals surface area contributed by atoms with Crippen molar-refractivity contribution in [2.45, 2.75) is 31.7 Å². The molecule has 110 valence electrons. The van der Waals surface area contributed by atoms with Crippen LogP contribution in [0, 0.1) is 0 Å². The van der Waals surface area contributed by atoms with E-state index in [1.807, 2.05) is 18.2 Å². The first-order chi connectivity index (χ1) is 10.2. The zero-order valence-electron chi connectivity index (χ0n) is 11.7. The molecule has 3 rings (SSSR count). The number of nitrogens with two attached hydrogens (primary N) is 1. The van der Waals surface area contributed by atoms with Gasteiger partial charge in [-0.25, -0.2) is 0 Å². The van der Waals surface area contributed by atoms with Crippen molar-refractivity contribution in [3.63, 3.8) is 0 Å². The van der Waals surface area contributed by atoms with Gasteiger partial charge in [-0.1, -0.05) is 47.5 Å². The van der Waals surface area contributed by atoms with E-state index in [1.54, 1.807) is 0 Å². The van der Waals surface area contributed by atoms with E-state index in [9.17, 15) is 0 Å². The molecule has 0 radical (unpaired) electrons. The lowest BCUT2D eigenvalue weighted by atomic mass is 9.97. The van der Waals surface area contributed by atoms with Gasteiger partial charge >= 0.3 is 0 Å². The molecule has 4 heteroatoms. The largest absolute Gasteiger partial charge is 0.271 e. The zero-order chi connectivity index (χ0) is 14.8. The van der Waals surface area contributed by atoms with Gasteiger partial charge in [0.25, 0.3) is 0 Å². The second-order valence-corrected chi connectivity index (χ2v) is 6.37. The highest BCUT2D eigenvalue weighted by atomic mass is 35.5. The van der Waals surface area contributed by atoms with Crippen LogP contribution in [0.3, 0.4) is 0 Å². The summed E-state index contributed by atoms with van der Waals surface area (Å²) in [5.41, 5.74) is 8.20. The SMILES string of the molecule is NNC(Cc1ccc2c(c1)CCC2)c1ccc(Cl)c(Cl)c1. The van der Waals surface area contributed by atoms with Gasteiger partial charge in [0.1, 0.15) is 0 Å². The molecule has 0 aliphatic heterocycles. The van der Waals surface area contributed by atoms with Crippen LogP contribution in [-0.2, 0) is 19.3 Å². The maximum absolute atomic E-state index is 6.09. The molecule has 2 aromatic carbocycles. The van der Waals surface area contributed by atoms with E-state index >= 15 is 0 Å². The van der Waals surface area contributed by atoms with E-state index in [0.29, 0.717) is 10.0 Å². The minimum atomic E-state index is 0.0271. The molecular formula is C17H18Cl2N2. The van der Waals surface area contributed by atoms with Crippen LogP contribution < -0.4 is 11.3 Å². The minimum absolute atomic E-state index is 0.0271. The third-order valence-electron chi connectivity index (χ3n) is 4.15. The first-order valence-corrected chi connectivity index (χ1v) is 7.94. The van der Waals surface area contributed by atoms with Crippen molar-refractivity contribution in [1.29, 1.82) is 0 Å². The minimum Gasteiger partial charge on any atom is -0.271 e. The Hall–Kier alpha value is -1.06. The first-order valence-electron chi connectivity index (χ1n) is 7.19. The van der Waals surface area contributed by atoms with Crippen molar-refractivity contribution in [3.05, 3.63) is 68.7 Å². The van der Waals surface area contributed by atoms with Gasteiger partial charge in [0.05, 0.1) is 16.1 Å². The molecule has 0 aromatic heterocycles. The highest BCUT2D eigenvalue weighted by molar-refractivity contribution is 6.42. The summed E-state index contributed by atoms with van der Waals surface area (Å²) in [7, 11) is 0. The predicted octanol–water partition coefficient (Wildman–Crippen LogP) is 4.23. The molecule has 1 unspecified atom stereocenters. The van der Waals surface area contributed by atoms with Crippen LogP contribution in [-0.4, -0.2) is 0 Å². The monoisotopic (exact) mass is 320 g/mol. The van der Waals surface area contributed by atoms with Crippen molar-refractivity contribution in [2.75, 3.05) is 0 Å². The Morgan fingerprint density at radius 1 is 1.00 bits per heavy atom. The third-order valence-corrected chi connectivity index (χ3v) is 4.89. The van der Waals surface area contributed by atoms with Crippen LogP contribution in [0.4, 0.5) is 0 Å². The molecule has 3 N–H and O–H groups in total. The normalized spacial score (nSPS) is 15.0. The van der Waals surface area contributed by atoms with E-state index in [1.165, 1.54) is 36.0 Å². The Bertz CT molecular complexity index is 655. The van der Waals surface area contributed by atoms with Gasteiger partial charge in [0.2, 0.25) is 0 Å². The van der Waals surface area contributed by atoms with E-state index in [2.05, 4.69) is 23.6 Å². The maximum Gasteiger partial charge on any atom is 0.0595 e. The molecule has 1 aliphatic carbocycles. The predicted molar refractivity (Wildman–Crippen MR) is 88.7 cm³/mol. The fourth-order valence-corrected chi connectivity index (χ4v) is 3.30. The topological polar surface area (TPSA) is 38.0 Å². The number of nitrogens with one attached hydrogen (secondary N) is 1. The molecule has 0 spiro atoms. The molecule has 0 saturated heterocycles. The van der Waals surface area contributed by atoms with E-state index in [-0.39, 0.29) is 6.04 Å². The lowest BCUT2D eigenvalue weighted by Crippen LogP contribution is -2.29. The van der Waals surface area contributed by atoms with Crippen molar-refractivity contribution < 1.29 is 0 Å². The van der Waals surface area contributed by atoms with Crippen molar-refractivity contribution in [1.82, 2.24) is 5.43 Å². The van der Waals surface area contributed by atoms with E-state index < -0.39 is 0 Å². The number of halogens is 2. The average Bonchev–Trinajstić information content (AvgIpc) is 2.95. The number of fused-ring (bicyclic) bond motifs is 1. The standard InChI is InChI=1S/C17H18Cl2N2/c18-15-7-6-14(10-16(15)19)17(21-20)9-11-4-5-12-2-1-3-13(12)8-11/h4-8,10,17,21H,1-3,9,20H2. The van der Waals surface area contributed by atoms with E-state index in [4.69, 9.17) is 29.0 Å².